The zero-order chi connectivity index (χ0) is 24.1. The van der Waals surface area contributed by atoms with Crippen LogP contribution in [0, 0.1) is 6.92 Å². The van der Waals surface area contributed by atoms with Gasteiger partial charge in [0.2, 0.25) is 11.8 Å². The van der Waals surface area contributed by atoms with Crippen molar-refractivity contribution in [3.05, 3.63) is 36.0 Å². The van der Waals surface area contributed by atoms with Gasteiger partial charge >= 0.3 is 6.18 Å². The van der Waals surface area contributed by atoms with E-state index in [1.807, 2.05) is 6.92 Å². The van der Waals surface area contributed by atoms with Gasteiger partial charge in [-0.2, -0.15) is 23.3 Å². The van der Waals surface area contributed by atoms with Crippen molar-refractivity contribution in [2.24, 2.45) is 7.05 Å². The van der Waals surface area contributed by atoms with E-state index in [2.05, 4.69) is 35.1 Å². The molecule has 0 aliphatic heterocycles. The molecule has 9 nitrogen and oxygen atoms in total. The number of alkyl halides is 3. The highest BCUT2D eigenvalue weighted by Gasteiger charge is 2.28. The van der Waals surface area contributed by atoms with Crippen molar-refractivity contribution in [2.45, 2.75) is 57.9 Å². The predicted molar refractivity (Wildman–Crippen MR) is 117 cm³/mol. The van der Waals surface area contributed by atoms with E-state index in [9.17, 15) is 13.2 Å². The summed E-state index contributed by atoms with van der Waals surface area (Å²) in [7, 11) is 1.78. The van der Waals surface area contributed by atoms with Crippen LogP contribution in [-0.4, -0.2) is 48.6 Å². The topological polar surface area (TPSA) is 99.9 Å². The lowest BCUT2D eigenvalue weighted by atomic mass is 9.98. The zero-order valence-electron chi connectivity index (χ0n) is 19.0. The molecule has 0 spiro atoms. The zero-order valence-corrected chi connectivity index (χ0v) is 19.0. The van der Waals surface area contributed by atoms with E-state index < -0.39 is 12.8 Å². The Morgan fingerprint density at radius 2 is 1.91 bits per heavy atom. The standard InChI is InChI=1S/C22H26F3N7O2/c1-14-18(34-15-6-4-3-5-7-15)12-27-20(30-14)16-10-29-32(2)17(16)11-28-21-26-9-8-19(31-21)33-13-22(23,24)25/h8-10,12,15H,3-7,11,13H2,1-2H3,(H,26,28,31). The molecule has 3 heterocycles. The lowest BCUT2D eigenvalue weighted by Gasteiger charge is -2.23. The van der Waals surface area contributed by atoms with Crippen molar-refractivity contribution in [1.29, 1.82) is 0 Å². The Labute approximate surface area is 194 Å². The quantitative estimate of drug-likeness (QED) is 0.514. The summed E-state index contributed by atoms with van der Waals surface area (Å²) in [6, 6.07) is 1.26. The molecule has 1 aliphatic carbocycles. The largest absolute Gasteiger partial charge is 0.487 e. The third-order valence-corrected chi connectivity index (χ3v) is 5.51. The van der Waals surface area contributed by atoms with E-state index in [0.717, 1.165) is 24.2 Å². The van der Waals surface area contributed by atoms with Crippen molar-refractivity contribution < 1.29 is 22.6 Å². The summed E-state index contributed by atoms with van der Waals surface area (Å²) in [5, 5.41) is 7.29. The number of nitrogens with zero attached hydrogens (tertiary/aromatic N) is 6. The summed E-state index contributed by atoms with van der Waals surface area (Å²) in [5.41, 5.74) is 2.22. The first-order chi connectivity index (χ1) is 16.3. The predicted octanol–water partition coefficient (Wildman–Crippen LogP) is 4.24. The monoisotopic (exact) mass is 477 g/mol. The van der Waals surface area contributed by atoms with Gasteiger partial charge in [0, 0.05) is 19.3 Å². The van der Waals surface area contributed by atoms with E-state index in [0.29, 0.717) is 17.1 Å². The minimum absolute atomic E-state index is 0.125. The first kappa shape index (κ1) is 23.7. The number of halogens is 3. The molecule has 1 saturated carbocycles. The summed E-state index contributed by atoms with van der Waals surface area (Å²) < 4.78 is 49.6. The number of aryl methyl sites for hydroxylation is 2. The van der Waals surface area contributed by atoms with Crippen LogP contribution in [0.25, 0.3) is 11.4 Å². The summed E-state index contributed by atoms with van der Waals surface area (Å²) in [6.07, 6.45) is 6.14. The molecule has 1 aliphatic rings. The Hall–Kier alpha value is -3.44. The van der Waals surface area contributed by atoms with Gasteiger partial charge in [-0.15, -0.1) is 0 Å². The third-order valence-electron chi connectivity index (χ3n) is 5.51. The second kappa shape index (κ2) is 10.2. The molecule has 0 aromatic carbocycles. The van der Waals surface area contributed by atoms with Crippen LogP contribution < -0.4 is 14.8 Å². The second-order valence-corrected chi connectivity index (χ2v) is 8.13. The first-order valence-corrected chi connectivity index (χ1v) is 11.1. The van der Waals surface area contributed by atoms with Crippen molar-refractivity contribution >= 4 is 5.95 Å². The smallest absolute Gasteiger partial charge is 0.422 e. The van der Waals surface area contributed by atoms with Gasteiger partial charge in [0.05, 0.1) is 42.0 Å². The molecule has 182 valence electrons. The minimum Gasteiger partial charge on any atom is -0.487 e. The van der Waals surface area contributed by atoms with Gasteiger partial charge in [0.1, 0.15) is 0 Å². The molecule has 12 heteroatoms. The van der Waals surface area contributed by atoms with Crippen LogP contribution in [0.5, 0.6) is 11.6 Å². The minimum atomic E-state index is -4.45. The highest BCUT2D eigenvalue weighted by atomic mass is 19.4. The van der Waals surface area contributed by atoms with Crippen LogP contribution >= 0.6 is 0 Å². The van der Waals surface area contributed by atoms with Gasteiger partial charge in [-0.1, -0.05) is 6.42 Å². The van der Waals surface area contributed by atoms with Crippen molar-refractivity contribution in [3.63, 3.8) is 0 Å². The van der Waals surface area contributed by atoms with E-state index in [-0.39, 0.29) is 24.5 Å². The fourth-order valence-corrected chi connectivity index (χ4v) is 3.75. The molecule has 0 radical (unpaired) electrons. The molecular weight excluding hydrogens is 451 g/mol. The van der Waals surface area contributed by atoms with E-state index >= 15 is 0 Å². The van der Waals surface area contributed by atoms with Crippen LogP contribution in [0.2, 0.25) is 0 Å². The van der Waals surface area contributed by atoms with Gasteiger partial charge in [0.15, 0.2) is 18.2 Å². The molecule has 0 amide bonds. The molecule has 0 saturated heterocycles. The Morgan fingerprint density at radius 3 is 2.65 bits per heavy atom. The van der Waals surface area contributed by atoms with Crippen LogP contribution in [-0.2, 0) is 13.6 Å². The molecule has 34 heavy (non-hydrogen) atoms. The van der Waals surface area contributed by atoms with E-state index in [1.54, 1.807) is 24.1 Å². The maximum atomic E-state index is 12.4. The molecule has 3 aromatic heterocycles. The van der Waals surface area contributed by atoms with Crippen LogP contribution in [0.15, 0.2) is 24.7 Å². The molecule has 0 bridgehead atoms. The molecule has 4 rings (SSSR count). The number of aromatic nitrogens is 6. The highest BCUT2D eigenvalue weighted by molar-refractivity contribution is 5.58. The average molecular weight is 477 g/mol. The average Bonchev–Trinajstić information content (AvgIpc) is 3.18. The molecule has 1 N–H and O–H groups in total. The number of hydrogen-bond acceptors (Lipinski definition) is 8. The molecule has 1 fully saturated rings. The maximum absolute atomic E-state index is 12.4. The third kappa shape index (κ3) is 6.12. The summed E-state index contributed by atoms with van der Waals surface area (Å²) in [5.74, 6) is 1.14. The normalized spacial score (nSPS) is 14.7. The Balaban J connectivity index is 1.45. The van der Waals surface area contributed by atoms with Gasteiger partial charge in [-0.05, 0) is 32.6 Å². The molecule has 0 unspecified atom stereocenters. The van der Waals surface area contributed by atoms with Crippen LogP contribution in [0.1, 0.15) is 43.5 Å². The second-order valence-electron chi connectivity index (χ2n) is 8.13. The fourth-order valence-electron chi connectivity index (χ4n) is 3.75. The van der Waals surface area contributed by atoms with Crippen molar-refractivity contribution in [1.82, 2.24) is 29.7 Å². The number of anilines is 1. The number of ether oxygens (including phenoxy) is 2. The van der Waals surface area contributed by atoms with Crippen molar-refractivity contribution in [3.8, 4) is 23.0 Å². The molecular formula is C22H26F3N7O2. The van der Waals surface area contributed by atoms with E-state index in [1.165, 1.54) is 31.5 Å². The van der Waals surface area contributed by atoms with Gasteiger partial charge in [-0.25, -0.2) is 15.0 Å². The molecule has 3 aromatic rings. The SMILES string of the molecule is Cc1nc(-c2cnn(C)c2CNc2nccc(OCC(F)(F)F)n2)ncc1OC1CCCCC1. The summed E-state index contributed by atoms with van der Waals surface area (Å²) in [4.78, 5) is 17.1. The first-order valence-electron chi connectivity index (χ1n) is 11.1. The Morgan fingerprint density at radius 1 is 1.12 bits per heavy atom. The fraction of sp³-hybridized carbons (Fsp3) is 0.500. The lowest BCUT2D eigenvalue weighted by molar-refractivity contribution is -0.154. The van der Waals surface area contributed by atoms with Gasteiger partial charge < -0.3 is 14.8 Å². The Bertz CT molecular complexity index is 1110. The summed E-state index contributed by atoms with van der Waals surface area (Å²) in [6.45, 7) is 0.710. The summed E-state index contributed by atoms with van der Waals surface area (Å²) >= 11 is 0. The molecule has 0 atom stereocenters. The van der Waals surface area contributed by atoms with Gasteiger partial charge in [-0.3, -0.25) is 4.68 Å². The number of rotatable bonds is 8. The Kier molecular flexibility index (Phi) is 7.13. The number of nitrogens with one attached hydrogen (secondary N) is 1. The van der Waals surface area contributed by atoms with Crippen molar-refractivity contribution in [2.75, 3.05) is 11.9 Å². The van der Waals surface area contributed by atoms with E-state index in [4.69, 9.17) is 4.74 Å². The van der Waals surface area contributed by atoms with Crippen LogP contribution in [0.3, 0.4) is 0 Å². The number of hydrogen-bond donors (Lipinski definition) is 1. The maximum Gasteiger partial charge on any atom is 0.422 e. The lowest BCUT2D eigenvalue weighted by Crippen LogP contribution is -2.20. The van der Waals surface area contributed by atoms with Gasteiger partial charge in [0.25, 0.3) is 0 Å². The highest BCUT2D eigenvalue weighted by Crippen LogP contribution is 2.27. The van der Waals surface area contributed by atoms with Crippen LogP contribution in [0.4, 0.5) is 19.1 Å².